The van der Waals surface area contributed by atoms with Crippen molar-refractivity contribution in [3.05, 3.63) is 33.8 Å². The molecular formula is C10H9BrO2. The van der Waals surface area contributed by atoms with Crippen LogP contribution in [0.5, 0.6) is 5.75 Å². The monoisotopic (exact) mass is 240 g/mol. The molecule has 1 N–H and O–H groups in total. The minimum Gasteiger partial charge on any atom is -0.507 e. The van der Waals surface area contributed by atoms with E-state index in [0.717, 1.165) is 10.8 Å². The minimum atomic E-state index is 0.171. The molecule has 1 aromatic rings. The highest BCUT2D eigenvalue weighted by molar-refractivity contribution is 9.10. The summed E-state index contributed by atoms with van der Waals surface area (Å²) in [6.45, 7) is 1.69. The lowest BCUT2D eigenvalue weighted by atomic mass is 10.1. The Morgan fingerprint density at radius 3 is 2.85 bits per heavy atom. The lowest BCUT2D eigenvalue weighted by Crippen LogP contribution is -1.79. The van der Waals surface area contributed by atoms with Crippen molar-refractivity contribution < 1.29 is 9.90 Å². The average molecular weight is 241 g/mol. The lowest BCUT2D eigenvalue weighted by molar-refractivity contribution is -0.104. The van der Waals surface area contributed by atoms with Crippen LogP contribution in [0.4, 0.5) is 0 Å². The van der Waals surface area contributed by atoms with E-state index in [0.29, 0.717) is 11.1 Å². The van der Waals surface area contributed by atoms with Crippen LogP contribution in [0.3, 0.4) is 0 Å². The molecule has 0 aliphatic rings. The van der Waals surface area contributed by atoms with Crippen molar-refractivity contribution >= 4 is 28.3 Å². The second-order valence-electron chi connectivity index (χ2n) is 2.71. The molecule has 1 rings (SSSR count). The number of carbonyl (C=O) groups is 1. The third-order valence-electron chi connectivity index (χ3n) is 1.56. The lowest BCUT2D eigenvalue weighted by Gasteiger charge is -1.99. The molecule has 3 heteroatoms. The number of hydrogen-bond donors (Lipinski definition) is 1. The van der Waals surface area contributed by atoms with Gasteiger partial charge >= 0.3 is 0 Å². The van der Waals surface area contributed by atoms with E-state index in [1.165, 1.54) is 0 Å². The van der Waals surface area contributed by atoms with Crippen LogP contribution in [0.1, 0.15) is 12.5 Å². The van der Waals surface area contributed by atoms with Crippen molar-refractivity contribution in [1.29, 1.82) is 0 Å². The highest BCUT2D eigenvalue weighted by Gasteiger charge is 1.98. The van der Waals surface area contributed by atoms with Crippen LogP contribution in [0.25, 0.3) is 6.08 Å². The van der Waals surface area contributed by atoms with Gasteiger partial charge in [-0.05, 0) is 36.8 Å². The maximum absolute atomic E-state index is 10.3. The van der Waals surface area contributed by atoms with Gasteiger partial charge in [0.05, 0.1) is 0 Å². The summed E-state index contributed by atoms with van der Waals surface area (Å²) in [5.41, 5.74) is 1.22. The molecule has 1 aromatic carbocycles. The first-order valence-corrected chi connectivity index (χ1v) is 4.55. The van der Waals surface area contributed by atoms with Gasteiger partial charge in [0, 0.05) is 10.0 Å². The zero-order valence-electron chi connectivity index (χ0n) is 7.12. The third-order valence-corrected chi connectivity index (χ3v) is 2.05. The van der Waals surface area contributed by atoms with E-state index in [1.54, 1.807) is 31.2 Å². The van der Waals surface area contributed by atoms with E-state index in [4.69, 9.17) is 0 Å². The maximum atomic E-state index is 10.3. The van der Waals surface area contributed by atoms with Crippen LogP contribution >= 0.6 is 15.9 Å². The zero-order valence-corrected chi connectivity index (χ0v) is 8.71. The second kappa shape index (κ2) is 4.23. The number of allylic oxidation sites excluding steroid dienone is 1. The van der Waals surface area contributed by atoms with Gasteiger partial charge in [0.1, 0.15) is 12.0 Å². The first-order valence-electron chi connectivity index (χ1n) is 3.75. The number of halogens is 1. The fraction of sp³-hybridized carbons (Fsp3) is 0.100. The predicted molar refractivity (Wildman–Crippen MR) is 55.5 cm³/mol. The molecule has 0 atom stereocenters. The first-order chi connectivity index (χ1) is 6.13. The normalized spacial score (nSPS) is 11.4. The Hall–Kier alpha value is -1.09. The summed E-state index contributed by atoms with van der Waals surface area (Å²) in [6, 6.07) is 5.07. The predicted octanol–water partition coefficient (Wildman–Crippen LogP) is 2.76. The first kappa shape index (κ1) is 9.99. The van der Waals surface area contributed by atoms with Gasteiger partial charge in [0.2, 0.25) is 0 Å². The average Bonchev–Trinajstić information content (AvgIpc) is 2.11. The Morgan fingerprint density at radius 1 is 1.54 bits per heavy atom. The molecule has 0 heterocycles. The van der Waals surface area contributed by atoms with Crippen LogP contribution in [-0.2, 0) is 4.79 Å². The third kappa shape index (κ3) is 2.70. The Balaban J connectivity index is 3.13. The van der Waals surface area contributed by atoms with E-state index >= 15 is 0 Å². The topological polar surface area (TPSA) is 37.3 Å². The molecule has 0 aliphatic carbocycles. The van der Waals surface area contributed by atoms with Gasteiger partial charge < -0.3 is 5.11 Å². The molecule has 0 fully saturated rings. The van der Waals surface area contributed by atoms with E-state index in [-0.39, 0.29) is 5.75 Å². The number of phenolic OH excluding ortho intramolecular Hbond substituents is 1. The second-order valence-corrected chi connectivity index (χ2v) is 3.63. The summed E-state index contributed by atoms with van der Waals surface area (Å²) in [6.07, 6.45) is 2.38. The van der Waals surface area contributed by atoms with E-state index in [1.807, 2.05) is 0 Å². The van der Waals surface area contributed by atoms with Gasteiger partial charge in [-0.3, -0.25) is 4.79 Å². The SMILES string of the molecule is C/C(C=O)=C\c1cc(Br)ccc1O. The fourth-order valence-electron chi connectivity index (χ4n) is 0.920. The number of aldehydes is 1. The Labute approximate surface area is 85.0 Å². The number of rotatable bonds is 2. The van der Waals surface area contributed by atoms with Gasteiger partial charge in [-0.15, -0.1) is 0 Å². The molecule has 2 nitrogen and oxygen atoms in total. The molecule has 0 aliphatic heterocycles. The van der Waals surface area contributed by atoms with Gasteiger partial charge in [-0.2, -0.15) is 0 Å². The molecule has 0 amide bonds. The van der Waals surface area contributed by atoms with Crippen molar-refractivity contribution in [3.8, 4) is 5.75 Å². The smallest absolute Gasteiger partial charge is 0.145 e. The van der Waals surface area contributed by atoms with Crippen LogP contribution in [0, 0.1) is 0 Å². The number of phenols is 1. The van der Waals surface area contributed by atoms with Gasteiger partial charge in [0.15, 0.2) is 0 Å². The van der Waals surface area contributed by atoms with Crippen molar-refractivity contribution in [3.63, 3.8) is 0 Å². The summed E-state index contributed by atoms with van der Waals surface area (Å²) < 4.78 is 0.871. The molecule has 0 saturated carbocycles. The zero-order chi connectivity index (χ0) is 9.84. The Kier molecular flexibility index (Phi) is 3.25. The molecule has 0 bridgehead atoms. The molecule has 0 unspecified atom stereocenters. The van der Waals surface area contributed by atoms with E-state index in [9.17, 15) is 9.90 Å². The van der Waals surface area contributed by atoms with Gasteiger partial charge in [-0.25, -0.2) is 0 Å². The highest BCUT2D eigenvalue weighted by Crippen LogP contribution is 2.23. The van der Waals surface area contributed by atoms with Crippen LogP contribution < -0.4 is 0 Å². The van der Waals surface area contributed by atoms with E-state index < -0.39 is 0 Å². The quantitative estimate of drug-likeness (QED) is 0.638. The van der Waals surface area contributed by atoms with Crippen LogP contribution in [0.2, 0.25) is 0 Å². The standard InChI is InChI=1S/C10H9BrO2/c1-7(6-12)4-8-5-9(11)2-3-10(8)13/h2-6,13H,1H3/b7-4+. The number of aromatic hydroxyl groups is 1. The van der Waals surface area contributed by atoms with Gasteiger partial charge in [-0.1, -0.05) is 15.9 Å². The largest absolute Gasteiger partial charge is 0.507 e. The van der Waals surface area contributed by atoms with Gasteiger partial charge in [0.25, 0.3) is 0 Å². The molecule has 68 valence electrons. The molecule has 0 spiro atoms. The Morgan fingerprint density at radius 2 is 2.23 bits per heavy atom. The van der Waals surface area contributed by atoms with Crippen molar-refractivity contribution in [2.75, 3.05) is 0 Å². The molecule has 13 heavy (non-hydrogen) atoms. The summed E-state index contributed by atoms with van der Waals surface area (Å²) in [5, 5.41) is 9.40. The number of hydrogen-bond acceptors (Lipinski definition) is 2. The van der Waals surface area contributed by atoms with Crippen molar-refractivity contribution in [2.45, 2.75) is 6.92 Å². The molecule has 0 saturated heterocycles. The molecule has 0 aromatic heterocycles. The number of benzene rings is 1. The van der Waals surface area contributed by atoms with Crippen molar-refractivity contribution in [2.24, 2.45) is 0 Å². The highest BCUT2D eigenvalue weighted by atomic mass is 79.9. The van der Waals surface area contributed by atoms with E-state index in [2.05, 4.69) is 15.9 Å². The molecule has 0 radical (unpaired) electrons. The summed E-state index contributed by atoms with van der Waals surface area (Å²) in [5.74, 6) is 0.171. The van der Waals surface area contributed by atoms with Crippen molar-refractivity contribution in [1.82, 2.24) is 0 Å². The summed E-state index contributed by atoms with van der Waals surface area (Å²) in [4.78, 5) is 10.3. The Bertz CT molecular complexity index is 356. The minimum absolute atomic E-state index is 0.171. The summed E-state index contributed by atoms with van der Waals surface area (Å²) in [7, 11) is 0. The molecular weight excluding hydrogens is 232 g/mol. The fourth-order valence-corrected chi connectivity index (χ4v) is 1.30. The maximum Gasteiger partial charge on any atom is 0.145 e. The van der Waals surface area contributed by atoms with Crippen LogP contribution in [-0.4, -0.2) is 11.4 Å². The summed E-state index contributed by atoms with van der Waals surface area (Å²) >= 11 is 3.28. The van der Waals surface area contributed by atoms with Crippen LogP contribution in [0.15, 0.2) is 28.2 Å². The number of carbonyl (C=O) groups excluding carboxylic acids is 1.